The highest BCUT2D eigenvalue weighted by atomic mass is 32.2. The highest BCUT2D eigenvalue weighted by Gasteiger charge is 2.26. The van der Waals surface area contributed by atoms with E-state index < -0.39 is 0 Å². The first-order chi connectivity index (χ1) is 12.5. The molecule has 1 unspecified atom stereocenters. The Morgan fingerprint density at radius 3 is 2.92 bits per heavy atom. The van der Waals surface area contributed by atoms with Gasteiger partial charge in [-0.2, -0.15) is 5.26 Å². The second-order valence-electron chi connectivity index (χ2n) is 6.77. The lowest BCUT2D eigenvalue weighted by atomic mass is 9.87. The molecule has 2 aromatic rings. The fraction of sp³-hybridized carbons (Fsp3) is 0.381. The van der Waals surface area contributed by atoms with Gasteiger partial charge in [-0.1, -0.05) is 36.0 Å². The maximum absolute atomic E-state index is 12.8. The van der Waals surface area contributed by atoms with E-state index in [2.05, 4.69) is 29.3 Å². The van der Waals surface area contributed by atoms with Gasteiger partial charge in [0.2, 0.25) is 5.91 Å². The summed E-state index contributed by atoms with van der Waals surface area (Å²) >= 11 is 1.36. The van der Waals surface area contributed by atoms with Crippen molar-refractivity contribution in [3.8, 4) is 6.07 Å². The van der Waals surface area contributed by atoms with Gasteiger partial charge >= 0.3 is 0 Å². The van der Waals surface area contributed by atoms with E-state index in [1.54, 1.807) is 0 Å². The Bertz CT molecular complexity index is 872. The van der Waals surface area contributed by atoms with Crippen molar-refractivity contribution >= 4 is 17.7 Å². The molecule has 1 atom stereocenters. The summed E-state index contributed by atoms with van der Waals surface area (Å²) in [6.45, 7) is 3.81. The zero-order valence-electron chi connectivity index (χ0n) is 15.5. The number of pyridine rings is 1. The van der Waals surface area contributed by atoms with Crippen molar-refractivity contribution in [1.29, 1.82) is 5.26 Å². The summed E-state index contributed by atoms with van der Waals surface area (Å²) in [4.78, 5) is 19.1. The summed E-state index contributed by atoms with van der Waals surface area (Å²) < 4.78 is 0. The average Bonchev–Trinajstić information content (AvgIpc) is 2.64. The molecule has 0 N–H and O–H groups in total. The van der Waals surface area contributed by atoms with Gasteiger partial charge in [0.1, 0.15) is 11.1 Å². The molecule has 1 amide bonds. The molecule has 0 fully saturated rings. The summed E-state index contributed by atoms with van der Waals surface area (Å²) in [6, 6.07) is 12.6. The van der Waals surface area contributed by atoms with Crippen molar-refractivity contribution in [3.05, 3.63) is 58.3 Å². The van der Waals surface area contributed by atoms with Gasteiger partial charge in [-0.05, 0) is 55.9 Å². The molecule has 1 aliphatic rings. The van der Waals surface area contributed by atoms with Crippen molar-refractivity contribution in [1.82, 2.24) is 9.88 Å². The summed E-state index contributed by atoms with van der Waals surface area (Å²) in [5.41, 5.74) is 4.95. The summed E-state index contributed by atoms with van der Waals surface area (Å²) in [5, 5.41) is 10.0. The van der Waals surface area contributed by atoms with E-state index in [1.165, 1.54) is 22.9 Å². The van der Waals surface area contributed by atoms with Crippen LogP contribution in [0.15, 0.2) is 35.4 Å². The van der Waals surface area contributed by atoms with Crippen LogP contribution < -0.4 is 0 Å². The van der Waals surface area contributed by atoms with Gasteiger partial charge in [-0.25, -0.2) is 4.98 Å². The van der Waals surface area contributed by atoms with Crippen LogP contribution in [0.4, 0.5) is 0 Å². The third-order valence-corrected chi connectivity index (χ3v) is 5.91. The largest absolute Gasteiger partial charge is 0.338 e. The summed E-state index contributed by atoms with van der Waals surface area (Å²) in [5.74, 6) is 0.362. The number of nitrogens with zero attached hydrogens (tertiary/aromatic N) is 3. The lowest BCUT2D eigenvalue weighted by Gasteiger charge is -2.33. The molecule has 0 spiro atoms. The predicted octanol–water partition coefficient (Wildman–Crippen LogP) is 4.20. The molecule has 0 saturated heterocycles. The molecule has 0 aliphatic heterocycles. The monoisotopic (exact) mass is 365 g/mol. The van der Waals surface area contributed by atoms with Crippen LogP contribution in [-0.2, 0) is 11.2 Å². The van der Waals surface area contributed by atoms with Crippen LogP contribution in [0.2, 0.25) is 0 Å². The molecule has 1 aliphatic carbocycles. The number of thioether (sulfide) groups is 1. The molecule has 1 aromatic carbocycles. The highest BCUT2D eigenvalue weighted by Crippen LogP contribution is 2.34. The Hall–Kier alpha value is -2.32. The number of aromatic nitrogens is 1. The molecular formula is C21H23N3OS. The fourth-order valence-electron chi connectivity index (χ4n) is 3.58. The van der Waals surface area contributed by atoms with Gasteiger partial charge in [-0.3, -0.25) is 4.79 Å². The molecule has 134 valence electrons. The molecular weight excluding hydrogens is 342 g/mol. The van der Waals surface area contributed by atoms with E-state index in [0.717, 1.165) is 30.5 Å². The topological polar surface area (TPSA) is 57.0 Å². The maximum Gasteiger partial charge on any atom is 0.233 e. The molecule has 5 heteroatoms. The maximum atomic E-state index is 12.8. The van der Waals surface area contributed by atoms with Crippen molar-refractivity contribution in [2.24, 2.45) is 0 Å². The smallest absolute Gasteiger partial charge is 0.233 e. The zero-order valence-corrected chi connectivity index (χ0v) is 16.3. The first-order valence-corrected chi connectivity index (χ1v) is 9.84. The Balaban J connectivity index is 1.73. The standard InChI is InChI=1S/C21H23N3OS/c1-14-11-15(2)23-21(18(14)12-22)26-13-20(25)24(3)19-10-6-8-16-7-4-5-9-17(16)19/h4-5,7,9,11,19H,6,8,10,13H2,1-3H3. The van der Waals surface area contributed by atoms with E-state index in [0.29, 0.717) is 16.3 Å². The first-order valence-electron chi connectivity index (χ1n) is 8.86. The van der Waals surface area contributed by atoms with Crippen molar-refractivity contribution in [2.45, 2.75) is 44.2 Å². The number of carbonyl (C=O) groups excluding carboxylic acids is 1. The number of hydrogen-bond acceptors (Lipinski definition) is 4. The van der Waals surface area contributed by atoms with Crippen molar-refractivity contribution < 1.29 is 4.79 Å². The molecule has 26 heavy (non-hydrogen) atoms. The van der Waals surface area contributed by atoms with Crippen LogP contribution in [0.3, 0.4) is 0 Å². The third kappa shape index (κ3) is 3.76. The number of nitriles is 1. The normalized spacial score (nSPS) is 15.8. The first kappa shape index (κ1) is 18.5. The Morgan fingerprint density at radius 1 is 1.38 bits per heavy atom. The van der Waals surface area contributed by atoms with E-state index in [4.69, 9.17) is 0 Å². The van der Waals surface area contributed by atoms with Crippen LogP contribution >= 0.6 is 11.8 Å². The third-order valence-electron chi connectivity index (χ3n) is 4.95. The minimum atomic E-state index is 0.0709. The van der Waals surface area contributed by atoms with Crippen LogP contribution in [0.5, 0.6) is 0 Å². The van der Waals surface area contributed by atoms with E-state index in [-0.39, 0.29) is 11.9 Å². The van der Waals surface area contributed by atoms with Crippen molar-refractivity contribution in [2.75, 3.05) is 12.8 Å². The van der Waals surface area contributed by atoms with Gasteiger partial charge in [0.05, 0.1) is 17.4 Å². The fourth-order valence-corrected chi connectivity index (χ4v) is 4.60. The van der Waals surface area contributed by atoms with Gasteiger partial charge < -0.3 is 4.90 Å². The van der Waals surface area contributed by atoms with Crippen molar-refractivity contribution in [3.63, 3.8) is 0 Å². The molecule has 0 bridgehead atoms. The van der Waals surface area contributed by atoms with E-state index in [1.807, 2.05) is 37.9 Å². The predicted molar refractivity (Wildman–Crippen MR) is 104 cm³/mol. The highest BCUT2D eigenvalue weighted by molar-refractivity contribution is 8.00. The average molecular weight is 366 g/mol. The summed E-state index contributed by atoms with van der Waals surface area (Å²) in [7, 11) is 1.88. The van der Waals surface area contributed by atoms with Gasteiger partial charge in [0, 0.05) is 12.7 Å². The molecule has 1 heterocycles. The minimum absolute atomic E-state index is 0.0709. The van der Waals surface area contributed by atoms with Crippen LogP contribution in [0, 0.1) is 25.2 Å². The number of fused-ring (bicyclic) bond motifs is 1. The second kappa shape index (κ2) is 7.92. The van der Waals surface area contributed by atoms with Crippen LogP contribution in [0.25, 0.3) is 0 Å². The number of benzene rings is 1. The Morgan fingerprint density at radius 2 is 2.15 bits per heavy atom. The number of hydrogen-bond donors (Lipinski definition) is 0. The SMILES string of the molecule is Cc1cc(C)c(C#N)c(SCC(=O)N(C)C2CCCc3ccccc32)n1. The Kier molecular flexibility index (Phi) is 5.63. The van der Waals surface area contributed by atoms with Gasteiger partial charge in [-0.15, -0.1) is 0 Å². The summed E-state index contributed by atoms with van der Waals surface area (Å²) in [6.07, 6.45) is 3.18. The lowest BCUT2D eigenvalue weighted by molar-refractivity contribution is -0.129. The van der Waals surface area contributed by atoms with E-state index >= 15 is 0 Å². The number of aryl methyl sites for hydroxylation is 3. The lowest BCUT2D eigenvalue weighted by Crippen LogP contribution is -2.34. The zero-order chi connectivity index (χ0) is 18.7. The molecule has 1 aromatic heterocycles. The molecule has 3 rings (SSSR count). The van der Waals surface area contributed by atoms with Gasteiger partial charge in [0.15, 0.2) is 0 Å². The number of amides is 1. The van der Waals surface area contributed by atoms with Crippen LogP contribution in [0.1, 0.15) is 46.8 Å². The molecule has 0 radical (unpaired) electrons. The van der Waals surface area contributed by atoms with Crippen LogP contribution in [-0.4, -0.2) is 28.6 Å². The number of carbonyl (C=O) groups is 1. The Labute approximate surface area is 159 Å². The van der Waals surface area contributed by atoms with Gasteiger partial charge in [0.25, 0.3) is 0 Å². The quantitative estimate of drug-likeness (QED) is 0.762. The minimum Gasteiger partial charge on any atom is -0.338 e. The molecule has 0 saturated carbocycles. The number of rotatable bonds is 4. The second-order valence-corrected chi connectivity index (χ2v) is 7.74. The van der Waals surface area contributed by atoms with E-state index in [9.17, 15) is 10.1 Å². The molecule has 4 nitrogen and oxygen atoms in total.